The van der Waals surface area contributed by atoms with E-state index in [1.807, 2.05) is 30.3 Å². The minimum Gasteiger partial charge on any atom is -0.480 e. The number of carboxylic acids is 1. The Balaban J connectivity index is 0.00000484. The fraction of sp³-hybridized carbons (Fsp3) is 0.357. The Kier molecular flexibility index (Phi) is 9.11. The molecule has 1 rings (SSSR count). The van der Waals surface area contributed by atoms with Gasteiger partial charge in [-0.05, 0) is 36.8 Å². The van der Waals surface area contributed by atoms with Crippen LogP contribution in [0.1, 0.15) is 20.8 Å². The summed E-state index contributed by atoms with van der Waals surface area (Å²) in [5.74, 6) is -1.50. The quantitative estimate of drug-likeness (QED) is 0.345. The molecule has 0 aliphatic heterocycles. The van der Waals surface area contributed by atoms with Crippen LogP contribution in [0.25, 0.3) is 0 Å². The Bertz CT molecular complexity index is 555. The third kappa shape index (κ3) is 7.62. The molecule has 9 heteroatoms. The van der Waals surface area contributed by atoms with E-state index in [4.69, 9.17) is 5.41 Å². The molecule has 1 aromatic rings. The van der Waals surface area contributed by atoms with Crippen molar-refractivity contribution in [1.29, 1.82) is 5.41 Å². The number of amides is 1. The van der Waals surface area contributed by atoms with E-state index in [9.17, 15) is 14.7 Å². The third-order valence-electron chi connectivity index (χ3n) is 2.66. The molecule has 0 radical (unpaired) electrons. The van der Waals surface area contributed by atoms with Crippen LogP contribution in [-0.4, -0.2) is 32.9 Å². The van der Waals surface area contributed by atoms with Gasteiger partial charge >= 0.3 is 5.97 Å². The number of carboxylic acid groups (broad SMARTS) is 1. The molecule has 0 saturated heterocycles. The standard InChI is InChI=1S/C14H19N3O3S2.ClH/c1-9(18)16-11(12(19)20)14(2,3)22-21-13(15)17-10-7-5-4-6-8-10;/h4-8,11H,1-3H3,(H2,15,17)(H,16,18)(H,19,20);1H. The molecule has 0 aromatic heterocycles. The van der Waals surface area contributed by atoms with Gasteiger partial charge in [-0.2, -0.15) is 0 Å². The average molecular weight is 378 g/mol. The zero-order valence-corrected chi connectivity index (χ0v) is 15.4. The lowest BCUT2D eigenvalue weighted by Gasteiger charge is -2.30. The van der Waals surface area contributed by atoms with E-state index in [1.54, 1.807) is 13.8 Å². The first-order chi connectivity index (χ1) is 10.2. The maximum absolute atomic E-state index is 11.3. The van der Waals surface area contributed by atoms with Crippen molar-refractivity contribution in [3.05, 3.63) is 30.3 Å². The van der Waals surface area contributed by atoms with Crippen molar-refractivity contribution in [3.8, 4) is 0 Å². The molecule has 1 atom stereocenters. The molecule has 23 heavy (non-hydrogen) atoms. The van der Waals surface area contributed by atoms with Gasteiger partial charge in [0, 0.05) is 12.6 Å². The molecule has 0 saturated carbocycles. The molecule has 128 valence electrons. The normalized spacial score (nSPS) is 11.8. The summed E-state index contributed by atoms with van der Waals surface area (Å²) < 4.78 is -0.785. The van der Waals surface area contributed by atoms with Gasteiger partial charge in [0.05, 0.1) is 4.75 Å². The molecule has 1 aromatic carbocycles. The summed E-state index contributed by atoms with van der Waals surface area (Å²) in [5.41, 5.74) is 0.787. The van der Waals surface area contributed by atoms with E-state index in [1.165, 1.54) is 17.7 Å². The van der Waals surface area contributed by atoms with Crippen molar-refractivity contribution >= 4 is 56.7 Å². The molecule has 0 spiro atoms. The van der Waals surface area contributed by atoms with Gasteiger partial charge in [-0.25, -0.2) is 4.79 Å². The highest BCUT2D eigenvalue weighted by Crippen LogP contribution is 2.38. The topological polar surface area (TPSA) is 102 Å². The summed E-state index contributed by atoms with van der Waals surface area (Å²) in [6, 6.07) is 8.23. The number of aliphatic carboxylic acids is 1. The largest absolute Gasteiger partial charge is 0.480 e. The molecule has 0 aliphatic rings. The van der Waals surface area contributed by atoms with Crippen LogP contribution in [0.4, 0.5) is 5.69 Å². The average Bonchev–Trinajstić information content (AvgIpc) is 2.43. The molecule has 0 aliphatic carbocycles. The van der Waals surface area contributed by atoms with Crippen molar-refractivity contribution in [1.82, 2.24) is 5.32 Å². The Labute approximate surface area is 149 Å². The number of para-hydroxylation sites is 1. The van der Waals surface area contributed by atoms with Gasteiger partial charge in [0.1, 0.15) is 6.04 Å². The Hall–Kier alpha value is -1.38. The number of hydrogen-bond acceptors (Lipinski definition) is 5. The highest BCUT2D eigenvalue weighted by molar-refractivity contribution is 8.82. The number of carbonyl (C=O) groups is 2. The number of rotatable bonds is 6. The second-order valence-electron chi connectivity index (χ2n) is 5.06. The van der Waals surface area contributed by atoms with Gasteiger partial charge in [-0.3, -0.25) is 10.2 Å². The van der Waals surface area contributed by atoms with Crippen molar-refractivity contribution in [3.63, 3.8) is 0 Å². The lowest BCUT2D eigenvalue weighted by Crippen LogP contribution is -2.51. The molecule has 0 fully saturated rings. The zero-order chi connectivity index (χ0) is 16.8. The van der Waals surface area contributed by atoms with Crippen LogP contribution >= 0.6 is 34.0 Å². The fourth-order valence-corrected chi connectivity index (χ4v) is 3.63. The Morgan fingerprint density at radius 1 is 1.26 bits per heavy atom. The number of benzene rings is 1. The summed E-state index contributed by atoms with van der Waals surface area (Å²) >= 11 is 0. The summed E-state index contributed by atoms with van der Waals surface area (Å²) in [6.07, 6.45) is 0. The van der Waals surface area contributed by atoms with Crippen LogP contribution in [0.15, 0.2) is 30.3 Å². The first-order valence-electron chi connectivity index (χ1n) is 6.48. The molecule has 4 N–H and O–H groups in total. The summed E-state index contributed by atoms with van der Waals surface area (Å²) in [4.78, 5) is 22.5. The van der Waals surface area contributed by atoms with Gasteiger partial charge in [-0.1, -0.05) is 29.0 Å². The van der Waals surface area contributed by atoms with Gasteiger partial charge in [0.2, 0.25) is 5.91 Å². The lowest BCUT2D eigenvalue weighted by atomic mass is 10.0. The molecule has 1 amide bonds. The Morgan fingerprint density at radius 3 is 2.30 bits per heavy atom. The van der Waals surface area contributed by atoms with Crippen molar-refractivity contribution in [2.24, 2.45) is 0 Å². The highest BCUT2D eigenvalue weighted by Gasteiger charge is 2.37. The maximum atomic E-state index is 11.3. The highest BCUT2D eigenvalue weighted by atomic mass is 35.5. The van der Waals surface area contributed by atoms with E-state index < -0.39 is 22.7 Å². The van der Waals surface area contributed by atoms with Gasteiger partial charge in [0.15, 0.2) is 5.17 Å². The second kappa shape index (κ2) is 9.69. The first-order valence-corrected chi connectivity index (χ1v) is 8.63. The number of anilines is 1. The SMILES string of the molecule is CC(=O)NC(C(=O)O)C(C)(C)SSC(=N)Nc1ccccc1.Cl. The molecule has 0 bridgehead atoms. The maximum Gasteiger partial charge on any atom is 0.327 e. The van der Waals surface area contributed by atoms with Crippen LogP contribution in [0.3, 0.4) is 0 Å². The monoisotopic (exact) mass is 377 g/mol. The molecule has 0 heterocycles. The molecule has 6 nitrogen and oxygen atoms in total. The van der Waals surface area contributed by atoms with Crippen LogP contribution in [-0.2, 0) is 9.59 Å². The lowest BCUT2D eigenvalue weighted by molar-refractivity contribution is -0.142. The van der Waals surface area contributed by atoms with E-state index in [2.05, 4.69) is 10.6 Å². The predicted molar refractivity (Wildman–Crippen MR) is 99.5 cm³/mol. The van der Waals surface area contributed by atoms with Crippen LogP contribution in [0.2, 0.25) is 0 Å². The smallest absolute Gasteiger partial charge is 0.327 e. The number of amidine groups is 1. The van der Waals surface area contributed by atoms with Crippen LogP contribution in [0.5, 0.6) is 0 Å². The zero-order valence-electron chi connectivity index (χ0n) is 13.0. The van der Waals surface area contributed by atoms with Gasteiger partial charge in [-0.15, -0.1) is 12.4 Å². The summed E-state index contributed by atoms with van der Waals surface area (Å²) in [5, 5.41) is 22.7. The molecular formula is C14H20ClN3O3S2. The van der Waals surface area contributed by atoms with E-state index in [0.29, 0.717) is 0 Å². The Morgan fingerprint density at radius 2 is 1.83 bits per heavy atom. The molecule has 1 unspecified atom stereocenters. The third-order valence-corrected chi connectivity index (χ3v) is 5.72. The van der Waals surface area contributed by atoms with E-state index in [0.717, 1.165) is 16.5 Å². The molecular weight excluding hydrogens is 358 g/mol. The summed E-state index contributed by atoms with van der Waals surface area (Å²) in [6.45, 7) is 4.72. The first kappa shape index (κ1) is 21.6. The fourth-order valence-electron chi connectivity index (χ4n) is 1.61. The van der Waals surface area contributed by atoms with Crippen molar-refractivity contribution < 1.29 is 14.7 Å². The number of carbonyl (C=O) groups excluding carboxylic acids is 1. The van der Waals surface area contributed by atoms with E-state index in [-0.39, 0.29) is 17.6 Å². The minimum atomic E-state index is -1.10. The van der Waals surface area contributed by atoms with Crippen LogP contribution in [0, 0.1) is 5.41 Å². The number of hydrogen-bond donors (Lipinski definition) is 4. The number of nitrogens with one attached hydrogen (secondary N) is 3. The van der Waals surface area contributed by atoms with Gasteiger partial charge < -0.3 is 15.7 Å². The summed E-state index contributed by atoms with van der Waals surface area (Å²) in [7, 11) is 2.34. The van der Waals surface area contributed by atoms with Crippen LogP contribution < -0.4 is 10.6 Å². The minimum absolute atomic E-state index is 0. The second-order valence-corrected chi connectivity index (χ2v) is 7.86. The van der Waals surface area contributed by atoms with Crippen molar-refractivity contribution in [2.45, 2.75) is 31.6 Å². The predicted octanol–water partition coefficient (Wildman–Crippen LogP) is 3.20. The number of halogens is 1. The van der Waals surface area contributed by atoms with Crippen molar-refractivity contribution in [2.75, 3.05) is 5.32 Å². The van der Waals surface area contributed by atoms with Gasteiger partial charge in [0.25, 0.3) is 0 Å². The van der Waals surface area contributed by atoms with E-state index >= 15 is 0 Å².